The third kappa shape index (κ3) is 4.60. The Morgan fingerprint density at radius 2 is 1.81 bits per heavy atom. The lowest BCUT2D eigenvalue weighted by Gasteiger charge is -2.24. The molecular weight excluding hydrogens is 323 g/mol. The second-order valence-corrected chi connectivity index (χ2v) is 5.76. The molecule has 5 heteroatoms. The van der Waals surface area contributed by atoms with E-state index in [0.29, 0.717) is 15.2 Å². The summed E-state index contributed by atoms with van der Waals surface area (Å²) in [6.45, 7) is 3.66. The second-order valence-electron chi connectivity index (χ2n) is 4.56. The van der Waals surface area contributed by atoms with Crippen LogP contribution in [0.15, 0.2) is 48.5 Å². The SMILES string of the molecule is CCN(Cc1ccccc1)C(=S)Nc1ccc(Cl)c(Cl)c1. The summed E-state index contributed by atoms with van der Waals surface area (Å²) in [6, 6.07) is 15.6. The topological polar surface area (TPSA) is 15.3 Å². The number of nitrogens with zero attached hydrogens (tertiary/aromatic N) is 1. The number of thiocarbonyl (C=S) groups is 1. The molecule has 2 rings (SSSR count). The van der Waals surface area contributed by atoms with Gasteiger partial charge in [0.05, 0.1) is 10.0 Å². The molecule has 0 amide bonds. The van der Waals surface area contributed by atoms with E-state index < -0.39 is 0 Å². The number of hydrogen-bond donors (Lipinski definition) is 1. The van der Waals surface area contributed by atoms with Crippen molar-refractivity contribution in [2.45, 2.75) is 13.5 Å². The number of hydrogen-bond acceptors (Lipinski definition) is 1. The Hall–Kier alpha value is -1.29. The minimum atomic E-state index is 0.510. The standard InChI is InChI=1S/C16H16Cl2N2S/c1-2-20(11-12-6-4-3-5-7-12)16(21)19-13-8-9-14(17)15(18)10-13/h3-10H,2,11H2,1H3,(H,19,21). The van der Waals surface area contributed by atoms with Crippen LogP contribution in [0, 0.1) is 0 Å². The molecule has 0 spiro atoms. The van der Waals surface area contributed by atoms with Crippen molar-refractivity contribution >= 4 is 46.2 Å². The Morgan fingerprint density at radius 1 is 1.10 bits per heavy atom. The van der Waals surface area contributed by atoms with Crippen molar-refractivity contribution in [2.24, 2.45) is 0 Å². The average molecular weight is 339 g/mol. The summed E-state index contributed by atoms with van der Waals surface area (Å²) in [5, 5.41) is 4.90. The molecule has 0 bridgehead atoms. The zero-order valence-electron chi connectivity index (χ0n) is 11.6. The van der Waals surface area contributed by atoms with Gasteiger partial charge in [-0.1, -0.05) is 53.5 Å². The molecule has 2 aromatic carbocycles. The molecule has 0 fully saturated rings. The van der Waals surface area contributed by atoms with Crippen LogP contribution in [0.1, 0.15) is 12.5 Å². The van der Waals surface area contributed by atoms with E-state index in [1.54, 1.807) is 12.1 Å². The van der Waals surface area contributed by atoms with Crippen LogP contribution in [0.4, 0.5) is 5.69 Å². The summed E-state index contributed by atoms with van der Waals surface area (Å²) in [4.78, 5) is 2.09. The first kappa shape index (κ1) is 16.1. The fraction of sp³-hybridized carbons (Fsp3) is 0.188. The third-order valence-electron chi connectivity index (χ3n) is 3.06. The summed E-state index contributed by atoms with van der Waals surface area (Å²) >= 11 is 17.4. The molecule has 2 aromatic rings. The van der Waals surface area contributed by atoms with Gasteiger partial charge < -0.3 is 10.2 Å². The highest BCUT2D eigenvalue weighted by molar-refractivity contribution is 7.80. The van der Waals surface area contributed by atoms with E-state index in [4.69, 9.17) is 35.4 Å². The van der Waals surface area contributed by atoms with Crippen LogP contribution in [-0.2, 0) is 6.54 Å². The molecule has 0 radical (unpaired) electrons. The summed E-state index contributed by atoms with van der Waals surface area (Å²) in [7, 11) is 0. The number of benzene rings is 2. The lowest BCUT2D eigenvalue weighted by Crippen LogP contribution is -2.34. The average Bonchev–Trinajstić information content (AvgIpc) is 2.49. The molecule has 0 heterocycles. The van der Waals surface area contributed by atoms with Crippen molar-refractivity contribution in [3.05, 3.63) is 64.1 Å². The molecule has 2 nitrogen and oxygen atoms in total. The normalized spacial score (nSPS) is 10.2. The van der Waals surface area contributed by atoms with Gasteiger partial charge in [0.15, 0.2) is 5.11 Å². The lowest BCUT2D eigenvalue weighted by atomic mass is 10.2. The molecule has 0 aliphatic carbocycles. The molecule has 0 atom stereocenters. The van der Waals surface area contributed by atoms with E-state index in [2.05, 4.69) is 29.3 Å². The van der Waals surface area contributed by atoms with Crippen molar-refractivity contribution in [1.29, 1.82) is 0 Å². The first-order valence-electron chi connectivity index (χ1n) is 6.65. The monoisotopic (exact) mass is 338 g/mol. The van der Waals surface area contributed by atoms with E-state index >= 15 is 0 Å². The van der Waals surface area contributed by atoms with Crippen molar-refractivity contribution in [3.8, 4) is 0 Å². The van der Waals surface area contributed by atoms with Gasteiger partial charge in [0.1, 0.15) is 0 Å². The number of anilines is 1. The van der Waals surface area contributed by atoms with Gasteiger partial charge in [-0.05, 0) is 42.9 Å². The number of nitrogens with one attached hydrogen (secondary N) is 1. The van der Waals surface area contributed by atoms with Gasteiger partial charge in [0.25, 0.3) is 0 Å². The van der Waals surface area contributed by atoms with Crippen molar-refractivity contribution in [3.63, 3.8) is 0 Å². The summed E-state index contributed by atoms with van der Waals surface area (Å²) in [6.07, 6.45) is 0. The van der Waals surface area contributed by atoms with Gasteiger partial charge in [0, 0.05) is 18.8 Å². The van der Waals surface area contributed by atoms with Crippen LogP contribution in [0.2, 0.25) is 10.0 Å². The van der Waals surface area contributed by atoms with Gasteiger partial charge in [0.2, 0.25) is 0 Å². The van der Waals surface area contributed by atoms with E-state index in [0.717, 1.165) is 18.8 Å². The molecule has 21 heavy (non-hydrogen) atoms. The van der Waals surface area contributed by atoms with Crippen molar-refractivity contribution in [2.75, 3.05) is 11.9 Å². The van der Waals surface area contributed by atoms with E-state index in [1.807, 2.05) is 24.3 Å². The summed E-state index contributed by atoms with van der Waals surface area (Å²) in [5.74, 6) is 0. The molecule has 0 aliphatic heterocycles. The van der Waals surface area contributed by atoms with Gasteiger partial charge in [-0.25, -0.2) is 0 Å². The maximum Gasteiger partial charge on any atom is 0.173 e. The van der Waals surface area contributed by atoms with E-state index in [1.165, 1.54) is 5.56 Å². The highest BCUT2D eigenvalue weighted by Gasteiger charge is 2.09. The van der Waals surface area contributed by atoms with E-state index in [9.17, 15) is 0 Å². The minimum Gasteiger partial charge on any atom is -0.345 e. The first-order valence-corrected chi connectivity index (χ1v) is 7.81. The molecule has 0 saturated heterocycles. The van der Waals surface area contributed by atoms with Crippen LogP contribution in [0.5, 0.6) is 0 Å². The van der Waals surface area contributed by atoms with Crippen LogP contribution >= 0.6 is 35.4 Å². The summed E-state index contributed by atoms with van der Waals surface area (Å²) < 4.78 is 0. The van der Waals surface area contributed by atoms with Gasteiger partial charge in [-0.15, -0.1) is 0 Å². The van der Waals surface area contributed by atoms with Gasteiger partial charge >= 0.3 is 0 Å². The Labute approximate surface area is 140 Å². The highest BCUT2D eigenvalue weighted by Crippen LogP contribution is 2.25. The fourth-order valence-electron chi connectivity index (χ4n) is 1.91. The van der Waals surface area contributed by atoms with Crippen LogP contribution in [0.3, 0.4) is 0 Å². The van der Waals surface area contributed by atoms with Crippen LogP contribution < -0.4 is 5.32 Å². The number of rotatable bonds is 4. The van der Waals surface area contributed by atoms with Crippen LogP contribution in [0.25, 0.3) is 0 Å². The molecule has 0 unspecified atom stereocenters. The molecule has 1 N–H and O–H groups in total. The second kappa shape index (κ2) is 7.64. The smallest absolute Gasteiger partial charge is 0.173 e. The quantitative estimate of drug-likeness (QED) is 0.770. The predicted molar refractivity (Wildman–Crippen MR) is 95.2 cm³/mol. The maximum absolute atomic E-state index is 6.01. The fourth-order valence-corrected chi connectivity index (χ4v) is 2.52. The Morgan fingerprint density at radius 3 is 2.43 bits per heavy atom. The van der Waals surface area contributed by atoms with Crippen molar-refractivity contribution < 1.29 is 0 Å². The van der Waals surface area contributed by atoms with Crippen LogP contribution in [-0.4, -0.2) is 16.6 Å². The predicted octanol–water partition coefficient (Wildman–Crippen LogP) is 5.21. The van der Waals surface area contributed by atoms with Gasteiger partial charge in [-0.3, -0.25) is 0 Å². The number of halogens is 2. The minimum absolute atomic E-state index is 0.510. The molecule has 0 aliphatic rings. The molecule has 110 valence electrons. The molecule has 0 aromatic heterocycles. The third-order valence-corrected chi connectivity index (χ3v) is 4.16. The van der Waals surface area contributed by atoms with Crippen molar-refractivity contribution in [1.82, 2.24) is 4.90 Å². The summed E-state index contributed by atoms with van der Waals surface area (Å²) in [5.41, 5.74) is 2.05. The molecular formula is C16H16Cl2N2S. The first-order chi connectivity index (χ1) is 10.1. The van der Waals surface area contributed by atoms with E-state index in [-0.39, 0.29) is 0 Å². The Balaban J connectivity index is 2.04. The zero-order chi connectivity index (χ0) is 15.2. The Kier molecular flexibility index (Phi) is 5.85. The van der Waals surface area contributed by atoms with Gasteiger partial charge in [-0.2, -0.15) is 0 Å². The molecule has 0 saturated carbocycles. The highest BCUT2D eigenvalue weighted by atomic mass is 35.5. The Bertz CT molecular complexity index is 617. The maximum atomic E-state index is 6.01. The zero-order valence-corrected chi connectivity index (χ0v) is 14.0. The largest absolute Gasteiger partial charge is 0.345 e. The lowest BCUT2D eigenvalue weighted by molar-refractivity contribution is 0.442.